The molecule has 1 aromatic carbocycles. The van der Waals surface area contributed by atoms with E-state index in [0.29, 0.717) is 5.02 Å². The summed E-state index contributed by atoms with van der Waals surface area (Å²) in [7, 11) is 0. The summed E-state index contributed by atoms with van der Waals surface area (Å²) in [6, 6.07) is 2.90. The molecule has 0 saturated heterocycles. The quantitative estimate of drug-likeness (QED) is 0.742. The Morgan fingerprint density at radius 3 is 2.31 bits per heavy atom. The molecule has 0 bridgehead atoms. The van der Waals surface area contributed by atoms with Crippen molar-refractivity contribution in [2.45, 2.75) is 26.4 Å². The van der Waals surface area contributed by atoms with Crippen LogP contribution in [0.2, 0.25) is 5.02 Å². The molecular formula is C10H12ClFO. The van der Waals surface area contributed by atoms with Gasteiger partial charge < -0.3 is 5.11 Å². The molecule has 0 aromatic heterocycles. The van der Waals surface area contributed by atoms with Gasteiger partial charge in [0.05, 0.1) is 10.6 Å². The summed E-state index contributed by atoms with van der Waals surface area (Å²) in [5.41, 5.74) is -0.318. The summed E-state index contributed by atoms with van der Waals surface area (Å²) in [6.07, 6.45) is 0. The van der Waals surface area contributed by atoms with E-state index in [9.17, 15) is 9.50 Å². The first-order valence-corrected chi connectivity index (χ1v) is 4.39. The number of aryl methyl sites for hydroxylation is 1. The van der Waals surface area contributed by atoms with Crippen LogP contribution in [0.15, 0.2) is 12.1 Å². The van der Waals surface area contributed by atoms with Crippen molar-refractivity contribution in [3.63, 3.8) is 0 Å². The Hall–Kier alpha value is -0.600. The summed E-state index contributed by atoms with van der Waals surface area (Å²) in [5, 5.41) is 9.95. The number of hydrogen-bond acceptors (Lipinski definition) is 1. The molecular weight excluding hydrogens is 191 g/mol. The highest BCUT2D eigenvalue weighted by molar-refractivity contribution is 6.32. The zero-order valence-corrected chi connectivity index (χ0v) is 8.61. The molecule has 0 heterocycles. The van der Waals surface area contributed by atoms with Crippen LogP contribution in [0.1, 0.15) is 25.0 Å². The molecule has 0 fully saturated rings. The van der Waals surface area contributed by atoms with E-state index in [0.717, 1.165) is 5.56 Å². The second kappa shape index (κ2) is 3.28. The van der Waals surface area contributed by atoms with Crippen LogP contribution in [0.25, 0.3) is 0 Å². The Kier molecular flexibility index (Phi) is 2.64. The maximum atomic E-state index is 13.3. The Morgan fingerprint density at radius 2 is 1.92 bits per heavy atom. The maximum absolute atomic E-state index is 13.3. The molecule has 0 saturated carbocycles. The average Bonchev–Trinajstić information content (AvgIpc) is 1.95. The molecule has 0 aliphatic heterocycles. The van der Waals surface area contributed by atoms with Crippen LogP contribution in [0.5, 0.6) is 0 Å². The average molecular weight is 203 g/mol. The lowest BCUT2D eigenvalue weighted by Gasteiger charge is -2.20. The SMILES string of the molecule is Cc1ccc(F)c(C(C)(C)O)c1Cl. The van der Waals surface area contributed by atoms with E-state index < -0.39 is 11.4 Å². The summed E-state index contributed by atoms with van der Waals surface area (Å²) < 4.78 is 13.3. The van der Waals surface area contributed by atoms with Crippen molar-refractivity contribution >= 4 is 11.6 Å². The molecule has 3 heteroatoms. The Labute approximate surface area is 82.2 Å². The Morgan fingerprint density at radius 1 is 1.38 bits per heavy atom. The zero-order chi connectivity index (χ0) is 10.2. The van der Waals surface area contributed by atoms with Gasteiger partial charge in [-0.05, 0) is 32.4 Å². The monoisotopic (exact) mass is 202 g/mol. The fraction of sp³-hybridized carbons (Fsp3) is 0.400. The fourth-order valence-electron chi connectivity index (χ4n) is 1.22. The van der Waals surface area contributed by atoms with Gasteiger partial charge >= 0.3 is 0 Å². The first kappa shape index (κ1) is 10.5. The molecule has 0 radical (unpaired) electrons. The summed E-state index contributed by atoms with van der Waals surface area (Å²) in [4.78, 5) is 0. The van der Waals surface area contributed by atoms with E-state index in [1.54, 1.807) is 13.0 Å². The minimum Gasteiger partial charge on any atom is -0.386 e. The minimum absolute atomic E-state index is 0.161. The smallest absolute Gasteiger partial charge is 0.130 e. The number of hydrogen-bond donors (Lipinski definition) is 1. The van der Waals surface area contributed by atoms with Crippen LogP contribution in [0.3, 0.4) is 0 Å². The van der Waals surface area contributed by atoms with Gasteiger partial charge in [-0.1, -0.05) is 17.7 Å². The molecule has 0 aliphatic carbocycles. The van der Waals surface area contributed by atoms with Crippen LogP contribution in [0, 0.1) is 12.7 Å². The predicted octanol–water partition coefficient (Wildman–Crippen LogP) is 3.01. The third kappa shape index (κ3) is 2.01. The minimum atomic E-state index is -1.24. The van der Waals surface area contributed by atoms with Gasteiger partial charge in [0.25, 0.3) is 0 Å². The molecule has 72 valence electrons. The topological polar surface area (TPSA) is 20.2 Å². The van der Waals surface area contributed by atoms with Crippen molar-refractivity contribution in [1.29, 1.82) is 0 Å². The van der Waals surface area contributed by atoms with Gasteiger partial charge in [0, 0.05) is 5.56 Å². The molecule has 0 unspecified atom stereocenters. The zero-order valence-electron chi connectivity index (χ0n) is 7.86. The summed E-state index contributed by atoms with van der Waals surface area (Å²) in [6.45, 7) is 4.80. The molecule has 0 spiro atoms. The van der Waals surface area contributed by atoms with Gasteiger partial charge in [-0.2, -0.15) is 0 Å². The van der Waals surface area contributed by atoms with Crippen molar-refractivity contribution in [2.75, 3.05) is 0 Å². The first-order chi connectivity index (χ1) is 5.84. The van der Waals surface area contributed by atoms with Crippen molar-refractivity contribution in [3.05, 3.63) is 34.1 Å². The van der Waals surface area contributed by atoms with Gasteiger partial charge in [-0.25, -0.2) is 4.39 Å². The van der Waals surface area contributed by atoms with E-state index in [1.807, 2.05) is 0 Å². The molecule has 0 aliphatic rings. The van der Waals surface area contributed by atoms with E-state index in [2.05, 4.69) is 0 Å². The van der Waals surface area contributed by atoms with E-state index in [-0.39, 0.29) is 5.56 Å². The van der Waals surface area contributed by atoms with Crippen molar-refractivity contribution < 1.29 is 9.50 Å². The summed E-state index contributed by atoms with van der Waals surface area (Å²) in [5.74, 6) is -0.469. The largest absolute Gasteiger partial charge is 0.386 e. The number of aliphatic hydroxyl groups is 1. The number of rotatable bonds is 1. The molecule has 1 N–H and O–H groups in total. The van der Waals surface area contributed by atoms with Crippen LogP contribution in [-0.4, -0.2) is 5.11 Å². The van der Waals surface area contributed by atoms with Gasteiger partial charge in [0.2, 0.25) is 0 Å². The van der Waals surface area contributed by atoms with Crippen molar-refractivity contribution in [3.8, 4) is 0 Å². The second-order valence-corrected chi connectivity index (χ2v) is 3.99. The lowest BCUT2D eigenvalue weighted by atomic mass is 9.96. The van der Waals surface area contributed by atoms with E-state index in [1.165, 1.54) is 19.9 Å². The molecule has 13 heavy (non-hydrogen) atoms. The highest BCUT2D eigenvalue weighted by atomic mass is 35.5. The number of benzene rings is 1. The third-order valence-electron chi connectivity index (χ3n) is 1.90. The van der Waals surface area contributed by atoms with Crippen molar-refractivity contribution in [2.24, 2.45) is 0 Å². The van der Waals surface area contributed by atoms with Crippen LogP contribution >= 0.6 is 11.6 Å². The normalized spacial score (nSPS) is 11.8. The van der Waals surface area contributed by atoms with Gasteiger partial charge in [-0.3, -0.25) is 0 Å². The summed E-state index contributed by atoms with van der Waals surface area (Å²) >= 11 is 5.88. The van der Waals surface area contributed by atoms with Crippen LogP contribution in [-0.2, 0) is 5.60 Å². The highest BCUT2D eigenvalue weighted by Gasteiger charge is 2.24. The molecule has 0 amide bonds. The van der Waals surface area contributed by atoms with Gasteiger partial charge in [-0.15, -0.1) is 0 Å². The first-order valence-electron chi connectivity index (χ1n) is 4.01. The lowest BCUT2D eigenvalue weighted by Crippen LogP contribution is -2.18. The Bertz CT molecular complexity index is 328. The maximum Gasteiger partial charge on any atom is 0.130 e. The number of halogens is 2. The third-order valence-corrected chi connectivity index (χ3v) is 2.38. The van der Waals surface area contributed by atoms with Crippen molar-refractivity contribution in [1.82, 2.24) is 0 Å². The van der Waals surface area contributed by atoms with E-state index >= 15 is 0 Å². The van der Waals surface area contributed by atoms with Crippen LogP contribution in [0.4, 0.5) is 4.39 Å². The molecule has 1 nitrogen and oxygen atoms in total. The Balaban J connectivity index is 3.43. The fourth-order valence-corrected chi connectivity index (χ4v) is 1.60. The van der Waals surface area contributed by atoms with Gasteiger partial charge in [0.15, 0.2) is 0 Å². The van der Waals surface area contributed by atoms with E-state index in [4.69, 9.17) is 11.6 Å². The predicted molar refractivity (Wildman–Crippen MR) is 51.4 cm³/mol. The second-order valence-electron chi connectivity index (χ2n) is 3.61. The standard InChI is InChI=1S/C10H12ClFO/c1-6-4-5-7(12)8(9(6)11)10(2,3)13/h4-5,13H,1-3H3. The highest BCUT2D eigenvalue weighted by Crippen LogP contribution is 2.32. The molecule has 1 aromatic rings. The van der Waals surface area contributed by atoms with Crippen LogP contribution < -0.4 is 0 Å². The van der Waals surface area contributed by atoms with Gasteiger partial charge in [0.1, 0.15) is 5.82 Å². The lowest BCUT2D eigenvalue weighted by molar-refractivity contribution is 0.0746. The molecule has 1 rings (SSSR count). The molecule has 0 atom stereocenters.